The maximum atomic E-state index is 10.9. The summed E-state index contributed by atoms with van der Waals surface area (Å²) in [6, 6.07) is 6.02. The lowest BCUT2D eigenvalue weighted by Crippen LogP contribution is -2.03. The van der Waals surface area contributed by atoms with Crippen LogP contribution in [0.25, 0.3) is 0 Å². The molecule has 2 rings (SSSR count). The normalized spacial score (nSPS) is 10.3. The van der Waals surface area contributed by atoms with E-state index >= 15 is 0 Å². The van der Waals surface area contributed by atoms with Gasteiger partial charge in [-0.15, -0.1) is 0 Å². The lowest BCUT2D eigenvalue weighted by molar-refractivity contribution is -0.388. The molecule has 1 aromatic carbocycles. The topological polar surface area (TPSA) is 110 Å². The van der Waals surface area contributed by atoms with E-state index in [-0.39, 0.29) is 17.2 Å². The van der Waals surface area contributed by atoms with Gasteiger partial charge >= 0.3 is 11.8 Å². The van der Waals surface area contributed by atoms with Crippen LogP contribution in [0.1, 0.15) is 16.2 Å². The molecule has 0 aliphatic rings. The van der Waals surface area contributed by atoms with Gasteiger partial charge in [-0.25, -0.2) is 4.79 Å². The third kappa shape index (κ3) is 2.44. The monoisotopic (exact) mass is 276 g/mol. The lowest BCUT2D eigenvalue weighted by atomic mass is 10.2. The van der Waals surface area contributed by atoms with Crippen molar-refractivity contribution < 1.29 is 14.8 Å². The fraction of sp³-hybridized carbons (Fsp3) is 0.167. The molecule has 0 aliphatic heterocycles. The van der Waals surface area contributed by atoms with Gasteiger partial charge in [-0.1, -0.05) is 6.07 Å². The highest BCUT2D eigenvalue weighted by Gasteiger charge is 2.23. The van der Waals surface area contributed by atoms with E-state index in [1.807, 2.05) is 0 Å². The van der Waals surface area contributed by atoms with Crippen LogP contribution in [-0.4, -0.2) is 25.6 Å². The summed E-state index contributed by atoms with van der Waals surface area (Å²) in [6.07, 6.45) is 0. The average Bonchev–Trinajstić information content (AvgIpc) is 2.67. The molecule has 0 bridgehead atoms. The molecule has 0 amide bonds. The van der Waals surface area contributed by atoms with Crippen LogP contribution in [0.5, 0.6) is 0 Å². The average molecular weight is 276 g/mol. The summed E-state index contributed by atoms with van der Waals surface area (Å²) < 4.78 is 1.53. The van der Waals surface area contributed by atoms with Gasteiger partial charge in [-0.05, 0) is 28.1 Å². The summed E-state index contributed by atoms with van der Waals surface area (Å²) in [5.41, 5.74) is 0.535. The number of aryl methyl sites for hydroxylation is 1. The first-order valence-electron chi connectivity index (χ1n) is 5.68. The molecular weight excluding hydrogens is 264 g/mol. The van der Waals surface area contributed by atoms with Gasteiger partial charge in [0, 0.05) is 19.7 Å². The molecular formula is C12H12N4O4. The van der Waals surface area contributed by atoms with Gasteiger partial charge in [0.2, 0.25) is 11.6 Å². The van der Waals surface area contributed by atoms with Crippen molar-refractivity contribution in [1.82, 2.24) is 9.55 Å². The number of benzene rings is 1. The number of imidazole rings is 1. The van der Waals surface area contributed by atoms with Crippen LogP contribution in [0.2, 0.25) is 0 Å². The van der Waals surface area contributed by atoms with Crippen LogP contribution in [0.4, 0.5) is 17.3 Å². The molecule has 0 spiro atoms. The molecule has 0 fully saturated rings. The van der Waals surface area contributed by atoms with Crippen molar-refractivity contribution in [3.8, 4) is 0 Å². The maximum Gasteiger partial charge on any atom is 0.407 e. The number of aromatic nitrogens is 2. The van der Waals surface area contributed by atoms with E-state index in [1.165, 1.54) is 16.7 Å². The van der Waals surface area contributed by atoms with Crippen molar-refractivity contribution in [2.45, 2.75) is 6.92 Å². The highest BCUT2D eigenvalue weighted by molar-refractivity contribution is 5.89. The van der Waals surface area contributed by atoms with E-state index in [1.54, 1.807) is 26.1 Å². The zero-order chi connectivity index (χ0) is 14.9. The van der Waals surface area contributed by atoms with Crippen molar-refractivity contribution in [2.75, 3.05) is 5.32 Å². The van der Waals surface area contributed by atoms with Gasteiger partial charge < -0.3 is 20.5 Å². The van der Waals surface area contributed by atoms with Gasteiger partial charge in [-0.3, -0.25) is 4.57 Å². The van der Waals surface area contributed by atoms with E-state index in [0.29, 0.717) is 11.5 Å². The van der Waals surface area contributed by atoms with Crippen molar-refractivity contribution in [3.63, 3.8) is 0 Å². The Morgan fingerprint density at radius 3 is 2.80 bits per heavy atom. The number of nitro groups is 1. The molecule has 2 N–H and O–H groups in total. The third-order valence-electron chi connectivity index (χ3n) is 2.85. The number of nitrogens with zero attached hydrogens (tertiary/aromatic N) is 3. The Bertz CT molecular complexity index is 693. The molecule has 0 radical (unpaired) electrons. The molecule has 0 saturated carbocycles. The summed E-state index contributed by atoms with van der Waals surface area (Å²) in [4.78, 5) is 25.1. The minimum Gasteiger partial charge on any atom is -0.478 e. The van der Waals surface area contributed by atoms with E-state index in [4.69, 9.17) is 5.11 Å². The fourth-order valence-electron chi connectivity index (χ4n) is 1.73. The Kier molecular flexibility index (Phi) is 3.38. The maximum absolute atomic E-state index is 10.9. The summed E-state index contributed by atoms with van der Waals surface area (Å²) >= 11 is 0. The van der Waals surface area contributed by atoms with E-state index < -0.39 is 10.9 Å². The number of hydrogen-bond donors (Lipinski definition) is 2. The van der Waals surface area contributed by atoms with Crippen LogP contribution in [0, 0.1) is 17.0 Å². The summed E-state index contributed by atoms with van der Waals surface area (Å²) in [5, 5.41) is 22.7. The van der Waals surface area contributed by atoms with Gasteiger partial charge in [0.25, 0.3) is 0 Å². The first kappa shape index (κ1) is 13.5. The highest BCUT2D eigenvalue weighted by atomic mass is 16.6. The highest BCUT2D eigenvalue weighted by Crippen LogP contribution is 2.27. The molecule has 104 valence electrons. The Morgan fingerprint density at radius 2 is 2.20 bits per heavy atom. The zero-order valence-electron chi connectivity index (χ0n) is 10.8. The molecule has 8 nitrogen and oxygen atoms in total. The zero-order valence-corrected chi connectivity index (χ0v) is 10.8. The quantitative estimate of drug-likeness (QED) is 0.653. The second-order valence-corrected chi connectivity index (χ2v) is 4.16. The molecule has 8 heteroatoms. The van der Waals surface area contributed by atoms with E-state index in [0.717, 1.165) is 0 Å². The summed E-state index contributed by atoms with van der Waals surface area (Å²) in [7, 11) is 1.64. The van der Waals surface area contributed by atoms with Crippen LogP contribution in [-0.2, 0) is 7.05 Å². The van der Waals surface area contributed by atoms with Crippen LogP contribution in [0.15, 0.2) is 24.3 Å². The summed E-state index contributed by atoms with van der Waals surface area (Å²) in [5.74, 6) is -0.682. The smallest absolute Gasteiger partial charge is 0.407 e. The van der Waals surface area contributed by atoms with Crippen LogP contribution in [0.3, 0.4) is 0 Å². The number of nitrogens with one attached hydrogen (secondary N) is 1. The van der Waals surface area contributed by atoms with Gasteiger partial charge in [0.15, 0.2) is 0 Å². The predicted octanol–water partition coefficient (Wildman–Crippen LogP) is 2.08. The van der Waals surface area contributed by atoms with E-state index in [2.05, 4.69) is 10.3 Å². The molecule has 2 aromatic rings. The van der Waals surface area contributed by atoms with Crippen LogP contribution >= 0.6 is 0 Å². The number of carboxylic acids is 1. The fourth-order valence-corrected chi connectivity index (χ4v) is 1.73. The van der Waals surface area contributed by atoms with Gasteiger partial charge in [0.1, 0.15) is 0 Å². The Hall–Kier alpha value is -2.90. The molecule has 1 aromatic heterocycles. The van der Waals surface area contributed by atoms with Crippen LogP contribution < -0.4 is 5.32 Å². The largest absolute Gasteiger partial charge is 0.478 e. The standard InChI is InChI=1S/C12H12N4O4/c1-7-13-11(16(19)20)10(15(7)2)14-9-5-3-4-8(6-9)12(17)18/h3-6,14H,1-2H3,(H,17,18). The number of carboxylic acid groups (broad SMARTS) is 1. The van der Waals surface area contributed by atoms with Crippen molar-refractivity contribution in [1.29, 1.82) is 0 Å². The number of carbonyl (C=O) groups is 1. The minimum absolute atomic E-state index is 0.0940. The second-order valence-electron chi connectivity index (χ2n) is 4.16. The first-order valence-corrected chi connectivity index (χ1v) is 5.68. The number of aromatic carboxylic acids is 1. The van der Waals surface area contributed by atoms with E-state index in [9.17, 15) is 14.9 Å². The Morgan fingerprint density at radius 1 is 1.50 bits per heavy atom. The lowest BCUT2D eigenvalue weighted by Gasteiger charge is -2.07. The summed E-state index contributed by atoms with van der Waals surface area (Å²) in [6.45, 7) is 1.64. The SMILES string of the molecule is Cc1nc([N+](=O)[O-])c(Nc2cccc(C(=O)O)c2)n1C. The third-order valence-corrected chi connectivity index (χ3v) is 2.85. The van der Waals surface area contributed by atoms with Gasteiger partial charge in [0.05, 0.1) is 5.56 Å². The Balaban J connectivity index is 2.42. The molecule has 0 saturated heterocycles. The number of hydrogen-bond acceptors (Lipinski definition) is 5. The minimum atomic E-state index is -1.07. The predicted molar refractivity (Wildman–Crippen MR) is 71.3 cm³/mol. The Labute approximate surface area is 113 Å². The number of anilines is 2. The molecule has 0 atom stereocenters. The number of rotatable bonds is 4. The van der Waals surface area contributed by atoms with Crippen molar-refractivity contribution in [3.05, 3.63) is 45.8 Å². The first-order chi connectivity index (χ1) is 9.40. The molecule has 0 aliphatic carbocycles. The second kappa shape index (κ2) is 5.00. The molecule has 0 unspecified atom stereocenters. The van der Waals surface area contributed by atoms with Gasteiger partial charge in [-0.2, -0.15) is 0 Å². The van der Waals surface area contributed by atoms with Crippen molar-refractivity contribution >= 4 is 23.3 Å². The molecule has 1 heterocycles. The molecule has 20 heavy (non-hydrogen) atoms. The van der Waals surface area contributed by atoms with Crippen molar-refractivity contribution in [2.24, 2.45) is 7.05 Å².